The van der Waals surface area contributed by atoms with Gasteiger partial charge in [0.25, 0.3) is 0 Å². The average Bonchev–Trinajstić information content (AvgIpc) is 3.70. The van der Waals surface area contributed by atoms with Gasteiger partial charge in [-0.2, -0.15) is 13.2 Å². The number of carbonyl (C=O) groups excluding carboxylic acids is 1. The Kier molecular flexibility index (Phi) is 6.67. The van der Waals surface area contributed by atoms with E-state index in [0.29, 0.717) is 49.5 Å². The van der Waals surface area contributed by atoms with Crippen LogP contribution in [0, 0.1) is 11.8 Å². The molecule has 43 heavy (non-hydrogen) atoms. The number of ether oxygens (including phenoxy) is 1. The zero-order valence-corrected chi connectivity index (χ0v) is 24.6. The van der Waals surface area contributed by atoms with Gasteiger partial charge in [0.1, 0.15) is 6.10 Å². The second-order valence-corrected chi connectivity index (χ2v) is 13.7. The summed E-state index contributed by atoms with van der Waals surface area (Å²) in [5.74, 6) is 0.980. The average molecular weight is 597 g/mol. The number of carbonyl (C=O) groups is 1. The summed E-state index contributed by atoms with van der Waals surface area (Å²) >= 11 is 0. The van der Waals surface area contributed by atoms with Crippen LogP contribution in [0.25, 0.3) is 6.08 Å². The van der Waals surface area contributed by atoms with E-state index >= 15 is 0 Å². The minimum absolute atomic E-state index is 0.0497. The Labute approximate surface area is 250 Å². The number of rotatable bonds is 7. The SMILES string of the molecule is CC(C)CN(C(=O)/C=C/c1cccc(C(F)(F)F)c1)C1CCC2(O)[C@H]3Cc4ccc(O)c5c4[C@@]2(CCN3CC2CC2)C1O5. The van der Waals surface area contributed by atoms with Crippen molar-refractivity contribution >= 4 is 12.0 Å². The van der Waals surface area contributed by atoms with Crippen molar-refractivity contribution in [1.29, 1.82) is 0 Å². The molecule has 0 radical (unpaired) electrons. The molecule has 2 saturated carbocycles. The van der Waals surface area contributed by atoms with Crippen LogP contribution in [0.15, 0.2) is 42.5 Å². The van der Waals surface area contributed by atoms with Gasteiger partial charge in [-0.3, -0.25) is 9.69 Å². The Morgan fingerprint density at radius 3 is 2.70 bits per heavy atom. The highest BCUT2D eigenvalue weighted by molar-refractivity contribution is 5.92. The van der Waals surface area contributed by atoms with Gasteiger partial charge in [-0.1, -0.05) is 32.0 Å². The van der Waals surface area contributed by atoms with Crippen LogP contribution in [0.5, 0.6) is 11.5 Å². The lowest BCUT2D eigenvalue weighted by Crippen LogP contribution is -2.78. The monoisotopic (exact) mass is 596 g/mol. The maximum Gasteiger partial charge on any atom is 0.416 e. The second kappa shape index (κ2) is 9.99. The number of phenols is 1. The zero-order valence-electron chi connectivity index (χ0n) is 24.6. The van der Waals surface area contributed by atoms with Gasteiger partial charge in [0.2, 0.25) is 5.91 Å². The normalized spacial score (nSPS) is 31.3. The number of halogens is 3. The van der Waals surface area contributed by atoms with Gasteiger partial charge < -0.3 is 19.8 Å². The molecule has 3 fully saturated rings. The quantitative estimate of drug-likeness (QED) is 0.411. The van der Waals surface area contributed by atoms with E-state index in [9.17, 15) is 28.2 Å². The molecule has 2 N–H and O–H groups in total. The summed E-state index contributed by atoms with van der Waals surface area (Å²) in [6.45, 7) is 6.27. The van der Waals surface area contributed by atoms with Crippen LogP contribution in [0.3, 0.4) is 0 Å². The molecule has 2 heterocycles. The fraction of sp³-hybridized carbons (Fsp3) is 0.559. The van der Waals surface area contributed by atoms with E-state index < -0.39 is 28.9 Å². The maximum atomic E-state index is 13.9. The number of aliphatic hydroxyl groups is 1. The molecule has 2 aromatic carbocycles. The molecule has 6 nitrogen and oxygen atoms in total. The minimum Gasteiger partial charge on any atom is -0.504 e. The molecule has 1 amide bonds. The van der Waals surface area contributed by atoms with Crippen LogP contribution in [-0.2, 0) is 22.8 Å². The Morgan fingerprint density at radius 2 is 1.98 bits per heavy atom. The predicted octanol–water partition coefficient (Wildman–Crippen LogP) is 5.54. The topological polar surface area (TPSA) is 73.2 Å². The summed E-state index contributed by atoms with van der Waals surface area (Å²) in [7, 11) is 0. The molecule has 2 aromatic rings. The number of likely N-dealkylation sites (tertiary alicyclic amines) is 1. The number of piperidine rings is 1. The number of alkyl halides is 3. The molecule has 5 aliphatic rings. The molecule has 9 heteroatoms. The fourth-order valence-electron chi connectivity index (χ4n) is 8.64. The van der Waals surface area contributed by atoms with Crippen LogP contribution in [-0.4, -0.2) is 69.3 Å². The third kappa shape index (κ3) is 4.48. The number of aromatic hydroxyl groups is 1. The van der Waals surface area contributed by atoms with Gasteiger partial charge in [-0.05, 0) is 92.3 Å². The third-order valence-corrected chi connectivity index (χ3v) is 10.6. The number of benzene rings is 2. The van der Waals surface area contributed by atoms with E-state index in [1.165, 1.54) is 31.1 Å². The molecular weight excluding hydrogens is 557 g/mol. The van der Waals surface area contributed by atoms with Gasteiger partial charge >= 0.3 is 6.18 Å². The van der Waals surface area contributed by atoms with E-state index in [2.05, 4.69) is 4.90 Å². The van der Waals surface area contributed by atoms with E-state index in [-0.39, 0.29) is 29.7 Å². The first-order valence-electron chi connectivity index (χ1n) is 15.6. The molecule has 7 rings (SSSR count). The van der Waals surface area contributed by atoms with Crippen LogP contribution >= 0.6 is 0 Å². The Balaban J connectivity index is 1.25. The van der Waals surface area contributed by atoms with Gasteiger partial charge in [-0.25, -0.2) is 0 Å². The second-order valence-electron chi connectivity index (χ2n) is 13.7. The van der Waals surface area contributed by atoms with Crippen molar-refractivity contribution < 1.29 is 32.9 Å². The summed E-state index contributed by atoms with van der Waals surface area (Å²) < 4.78 is 46.5. The highest BCUT2D eigenvalue weighted by atomic mass is 19.4. The number of phenolic OH excluding ortho intramolecular Hbond substituents is 1. The smallest absolute Gasteiger partial charge is 0.416 e. The third-order valence-electron chi connectivity index (χ3n) is 10.6. The number of nitrogens with zero attached hydrogens (tertiary/aromatic N) is 2. The van der Waals surface area contributed by atoms with E-state index in [1.807, 2.05) is 19.9 Å². The molecule has 0 aromatic heterocycles. The zero-order chi connectivity index (χ0) is 30.3. The summed E-state index contributed by atoms with van der Waals surface area (Å²) in [5.41, 5.74) is -0.294. The predicted molar refractivity (Wildman–Crippen MR) is 156 cm³/mol. The van der Waals surface area contributed by atoms with Crippen LogP contribution in [0.1, 0.15) is 68.2 Å². The standard InChI is InChI=1S/C34H39F3N2O4/c1-20(2)18-39(28(41)11-8-21-4-3-5-24(16-21)34(35,36)37)25-12-13-33(42)27-17-23-9-10-26(40)30-29(23)32(33,31(25)43-30)14-15-38(27)19-22-6-7-22/h3-5,8-11,16,20,22,25,27,31,40,42H,6-7,12-15,17-19H2,1-2H3/b11-8+/t25?,27-,31?,32+,33?/m1/s1. The number of hydrogen-bond donors (Lipinski definition) is 2. The lowest BCUT2D eigenvalue weighted by molar-refractivity contribution is -0.201. The summed E-state index contributed by atoms with van der Waals surface area (Å²) in [6.07, 6.45) is 2.61. The molecule has 3 aliphatic carbocycles. The van der Waals surface area contributed by atoms with Crippen LogP contribution < -0.4 is 4.74 Å². The number of hydrogen-bond acceptors (Lipinski definition) is 5. The van der Waals surface area contributed by atoms with Gasteiger partial charge in [0.15, 0.2) is 11.5 Å². The van der Waals surface area contributed by atoms with E-state index in [4.69, 9.17) is 4.74 Å². The molecule has 1 spiro atoms. The van der Waals surface area contributed by atoms with Crippen molar-refractivity contribution in [1.82, 2.24) is 9.80 Å². The lowest BCUT2D eigenvalue weighted by atomic mass is 9.48. The van der Waals surface area contributed by atoms with Gasteiger partial charge in [-0.15, -0.1) is 0 Å². The van der Waals surface area contributed by atoms with E-state index in [1.54, 1.807) is 17.0 Å². The molecule has 2 aliphatic heterocycles. The lowest BCUT2D eigenvalue weighted by Gasteiger charge is -2.65. The molecule has 1 saturated heterocycles. The molecule has 5 atom stereocenters. The van der Waals surface area contributed by atoms with Crippen molar-refractivity contribution in [2.75, 3.05) is 19.6 Å². The largest absolute Gasteiger partial charge is 0.504 e. The highest BCUT2D eigenvalue weighted by Crippen LogP contribution is 2.66. The van der Waals surface area contributed by atoms with Crippen molar-refractivity contribution in [3.8, 4) is 11.5 Å². The Morgan fingerprint density at radius 1 is 1.19 bits per heavy atom. The Hall–Kier alpha value is -3.04. The molecule has 230 valence electrons. The van der Waals surface area contributed by atoms with Crippen molar-refractivity contribution in [2.45, 2.75) is 87.8 Å². The Bertz CT molecular complexity index is 1470. The maximum absolute atomic E-state index is 13.9. The highest BCUT2D eigenvalue weighted by Gasteiger charge is 2.73. The first kappa shape index (κ1) is 28.7. The fourth-order valence-corrected chi connectivity index (χ4v) is 8.64. The minimum atomic E-state index is -4.47. The summed E-state index contributed by atoms with van der Waals surface area (Å²) in [6, 6.07) is 8.13. The van der Waals surface area contributed by atoms with Crippen molar-refractivity contribution in [3.05, 3.63) is 64.7 Å². The number of amides is 1. The summed E-state index contributed by atoms with van der Waals surface area (Å²) in [4.78, 5) is 18.2. The van der Waals surface area contributed by atoms with Crippen molar-refractivity contribution in [2.24, 2.45) is 11.8 Å². The van der Waals surface area contributed by atoms with Crippen molar-refractivity contribution in [3.63, 3.8) is 0 Å². The van der Waals surface area contributed by atoms with Crippen LogP contribution in [0.4, 0.5) is 13.2 Å². The molecule has 2 bridgehead atoms. The first-order valence-corrected chi connectivity index (χ1v) is 15.6. The molecule has 3 unspecified atom stereocenters. The molecular formula is C34H39F3N2O4. The van der Waals surface area contributed by atoms with Gasteiger partial charge in [0, 0.05) is 30.8 Å². The first-order chi connectivity index (χ1) is 20.4. The summed E-state index contributed by atoms with van der Waals surface area (Å²) in [5, 5.41) is 23.7. The van der Waals surface area contributed by atoms with Gasteiger partial charge in [0.05, 0.1) is 22.6 Å². The van der Waals surface area contributed by atoms with Crippen LogP contribution in [0.2, 0.25) is 0 Å². The van der Waals surface area contributed by atoms with E-state index in [0.717, 1.165) is 36.3 Å².